The molecule has 0 bridgehead atoms. The first-order valence-corrected chi connectivity index (χ1v) is 6.33. The zero-order chi connectivity index (χ0) is 11.7. The van der Waals surface area contributed by atoms with Crippen molar-refractivity contribution in [3.63, 3.8) is 0 Å². The summed E-state index contributed by atoms with van der Waals surface area (Å²) in [6.07, 6.45) is 4.40. The summed E-state index contributed by atoms with van der Waals surface area (Å²) in [4.78, 5) is 11.2. The molecule has 0 aliphatic carbocycles. The molecule has 1 aliphatic rings. The second-order valence-corrected chi connectivity index (χ2v) is 4.85. The van der Waals surface area contributed by atoms with Crippen LogP contribution >= 0.6 is 11.6 Å². The molecule has 4 heteroatoms. The minimum Gasteiger partial charge on any atom is -0.299 e. The molecule has 2 aromatic rings. The Morgan fingerprint density at radius 2 is 2.12 bits per heavy atom. The zero-order valence-corrected chi connectivity index (χ0v) is 10.3. The van der Waals surface area contributed by atoms with Crippen LogP contribution in [0, 0.1) is 0 Å². The van der Waals surface area contributed by atoms with Crippen LogP contribution in [0.2, 0.25) is 5.15 Å². The summed E-state index contributed by atoms with van der Waals surface area (Å²) >= 11 is 6.05. The first-order valence-electron chi connectivity index (χ1n) is 5.95. The van der Waals surface area contributed by atoms with Gasteiger partial charge in [-0.25, -0.2) is 4.98 Å². The van der Waals surface area contributed by atoms with Crippen LogP contribution in [0.25, 0.3) is 11.0 Å². The second-order valence-electron chi connectivity index (χ2n) is 4.46. The lowest BCUT2D eigenvalue weighted by Crippen LogP contribution is -2.18. The molecule has 1 fully saturated rings. The highest BCUT2D eigenvalue weighted by molar-refractivity contribution is 6.29. The van der Waals surface area contributed by atoms with Gasteiger partial charge in [-0.2, -0.15) is 0 Å². The van der Waals surface area contributed by atoms with Gasteiger partial charge in [0.2, 0.25) is 0 Å². The number of likely N-dealkylation sites (tertiary alicyclic amines) is 1. The van der Waals surface area contributed by atoms with E-state index in [1.54, 1.807) is 0 Å². The highest BCUT2D eigenvalue weighted by Crippen LogP contribution is 2.21. The van der Waals surface area contributed by atoms with Gasteiger partial charge >= 0.3 is 0 Å². The van der Waals surface area contributed by atoms with E-state index >= 15 is 0 Å². The van der Waals surface area contributed by atoms with Crippen molar-refractivity contribution in [3.05, 3.63) is 35.1 Å². The Morgan fingerprint density at radius 3 is 2.94 bits per heavy atom. The molecule has 17 heavy (non-hydrogen) atoms. The highest BCUT2D eigenvalue weighted by atomic mass is 35.5. The average molecular weight is 248 g/mol. The van der Waals surface area contributed by atoms with Gasteiger partial charge in [0.25, 0.3) is 0 Å². The van der Waals surface area contributed by atoms with E-state index in [1.807, 2.05) is 24.4 Å². The molecule has 3 rings (SSSR count). The number of fused-ring (bicyclic) bond motifs is 1. The predicted octanol–water partition coefficient (Wildman–Crippen LogP) is 2.88. The van der Waals surface area contributed by atoms with Gasteiger partial charge in [0.05, 0.1) is 11.0 Å². The van der Waals surface area contributed by atoms with Gasteiger partial charge in [0.1, 0.15) is 5.15 Å². The molecule has 0 saturated carbocycles. The number of hydrogen-bond donors (Lipinski definition) is 0. The summed E-state index contributed by atoms with van der Waals surface area (Å²) in [5.74, 6) is 0. The number of aromatic nitrogens is 2. The van der Waals surface area contributed by atoms with Crippen molar-refractivity contribution >= 4 is 22.6 Å². The zero-order valence-electron chi connectivity index (χ0n) is 9.56. The molecule has 2 aromatic heterocycles. The van der Waals surface area contributed by atoms with Crippen molar-refractivity contribution in [3.8, 4) is 0 Å². The van der Waals surface area contributed by atoms with Crippen molar-refractivity contribution < 1.29 is 0 Å². The summed E-state index contributed by atoms with van der Waals surface area (Å²) in [7, 11) is 0. The maximum atomic E-state index is 6.05. The molecule has 1 saturated heterocycles. The minimum absolute atomic E-state index is 0.555. The summed E-state index contributed by atoms with van der Waals surface area (Å²) in [6, 6.07) is 5.79. The lowest BCUT2D eigenvalue weighted by molar-refractivity contribution is 0.332. The van der Waals surface area contributed by atoms with Gasteiger partial charge < -0.3 is 0 Å². The van der Waals surface area contributed by atoms with E-state index in [0.29, 0.717) is 5.15 Å². The normalized spacial score (nSPS) is 16.8. The Hall–Kier alpha value is -1.19. The van der Waals surface area contributed by atoms with Gasteiger partial charge in [0, 0.05) is 12.7 Å². The van der Waals surface area contributed by atoms with Gasteiger partial charge in [-0.05, 0) is 49.7 Å². The summed E-state index contributed by atoms with van der Waals surface area (Å²) in [5, 5.41) is 0.555. The monoisotopic (exact) mass is 247 g/mol. The molecule has 3 nitrogen and oxygen atoms in total. The van der Waals surface area contributed by atoms with Crippen molar-refractivity contribution in [2.45, 2.75) is 19.4 Å². The Bertz CT molecular complexity index is 535. The van der Waals surface area contributed by atoms with Gasteiger partial charge in [-0.1, -0.05) is 11.6 Å². The van der Waals surface area contributed by atoms with Crippen LogP contribution in [0.1, 0.15) is 18.4 Å². The SMILES string of the molecule is Clc1cc(CN2CCCC2)c2ncccc2n1. The van der Waals surface area contributed by atoms with E-state index in [0.717, 1.165) is 17.6 Å². The first kappa shape index (κ1) is 10.9. The molecule has 0 aromatic carbocycles. The third-order valence-electron chi connectivity index (χ3n) is 3.20. The average Bonchev–Trinajstić information content (AvgIpc) is 2.81. The van der Waals surface area contributed by atoms with E-state index in [9.17, 15) is 0 Å². The van der Waals surface area contributed by atoms with E-state index in [1.165, 1.54) is 31.5 Å². The van der Waals surface area contributed by atoms with Gasteiger partial charge in [-0.3, -0.25) is 9.88 Å². The third kappa shape index (κ3) is 2.26. The van der Waals surface area contributed by atoms with Crippen LogP contribution in [0.4, 0.5) is 0 Å². The van der Waals surface area contributed by atoms with Crippen LogP contribution in [-0.2, 0) is 6.54 Å². The van der Waals surface area contributed by atoms with Crippen molar-refractivity contribution in [2.24, 2.45) is 0 Å². The molecular weight excluding hydrogens is 234 g/mol. The summed E-state index contributed by atoms with van der Waals surface area (Å²) in [5.41, 5.74) is 3.04. The highest BCUT2D eigenvalue weighted by Gasteiger charge is 2.14. The standard InChI is InChI=1S/C13H14ClN3/c14-12-8-10(9-17-6-1-2-7-17)13-11(16-12)4-3-5-15-13/h3-5,8H,1-2,6-7,9H2. The number of pyridine rings is 2. The Balaban J connectivity index is 2.01. The number of rotatable bonds is 2. The third-order valence-corrected chi connectivity index (χ3v) is 3.40. The van der Waals surface area contributed by atoms with Crippen LogP contribution in [-0.4, -0.2) is 28.0 Å². The maximum absolute atomic E-state index is 6.05. The van der Waals surface area contributed by atoms with Crippen LogP contribution in [0.5, 0.6) is 0 Å². The van der Waals surface area contributed by atoms with Gasteiger partial charge in [0.15, 0.2) is 0 Å². The van der Waals surface area contributed by atoms with Crippen molar-refractivity contribution in [2.75, 3.05) is 13.1 Å². The molecule has 0 amide bonds. The smallest absolute Gasteiger partial charge is 0.130 e. The molecule has 0 atom stereocenters. The maximum Gasteiger partial charge on any atom is 0.130 e. The van der Waals surface area contributed by atoms with E-state index in [2.05, 4.69) is 14.9 Å². The van der Waals surface area contributed by atoms with Crippen molar-refractivity contribution in [1.29, 1.82) is 0 Å². The fraction of sp³-hybridized carbons (Fsp3) is 0.385. The number of nitrogens with zero attached hydrogens (tertiary/aromatic N) is 3. The molecule has 0 unspecified atom stereocenters. The molecule has 88 valence electrons. The fourth-order valence-electron chi connectivity index (χ4n) is 2.40. The lowest BCUT2D eigenvalue weighted by atomic mass is 10.2. The fourth-order valence-corrected chi connectivity index (χ4v) is 2.62. The van der Waals surface area contributed by atoms with Crippen LogP contribution in [0.15, 0.2) is 24.4 Å². The van der Waals surface area contributed by atoms with Gasteiger partial charge in [-0.15, -0.1) is 0 Å². The van der Waals surface area contributed by atoms with E-state index in [-0.39, 0.29) is 0 Å². The molecule has 0 N–H and O–H groups in total. The van der Waals surface area contributed by atoms with Crippen molar-refractivity contribution in [1.82, 2.24) is 14.9 Å². The quantitative estimate of drug-likeness (QED) is 0.765. The second kappa shape index (κ2) is 4.59. The molecule has 3 heterocycles. The molecule has 0 spiro atoms. The van der Waals surface area contributed by atoms with Crippen LogP contribution < -0.4 is 0 Å². The molecule has 1 aliphatic heterocycles. The minimum atomic E-state index is 0.555. The molecular formula is C13H14ClN3. The number of halogens is 1. The van der Waals surface area contributed by atoms with Crippen LogP contribution in [0.3, 0.4) is 0 Å². The van der Waals surface area contributed by atoms with E-state index < -0.39 is 0 Å². The summed E-state index contributed by atoms with van der Waals surface area (Å²) in [6.45, 7) is 3.28. The first-order chi connectivity index (χ1) is 8.33. The topological polar surface area (TPSA) is 29.0 Å². The predicted molar refractivity (Wildman–Crippen MR) is 69.1 cm³/mol. The summed E-state index contributed by atoms with van der Waals surface area (Å²) < 4.78 is 0. The Labute approximate surface area is 105 Å². The molecule has 0 radical (unpaired) electrons. The number of hydrogen-bond acceptors (Lipinski definition) is 3. The Morgan fingerprint density at radius 1 is 1.29 bits per heavy atom. The largest absolute Gasteiger partial charge is 0.299 e. The van der Waals surface area contributed by atoms with E-state index in [4.69, 9.17) is 11.6 Å². The Kier molecular flexibility index (Phi) is 2.95. The lowest BCUT2D eigenvalue weighted by Gasteiger charge is -2.15.